The summed E-state index contributed by atoms with van der Waals surface area (Å²) in [6.07, 6.45) is 11.7. The standard InChI is InChI=1S/C92H68N2/c1-57-17-7-6-16-47-90(2,3)82-55-69(38-42-71(57)82)93-86-24-14-11-21-76(86)78-50-64(36-44-88(78)93)58-26-30-60(31-27-58)66-34-40-74-75-41-35-67(54-85(75)92(84(74)53-66)48-46-68-49-62-18-8-9-19-63(62)52-81(68)92)61-32-28-59(29-33-61)65-37-45-89-79(51-65)77-22-12-15-25-87(77)94(89)70-39-43-73-72-20-10-13-23-80(72)91(4,5)83(73)56-70/h6-45,49-56H,1,46-48H2,2-5H3/b16-6-,17-7-. The molecule has 19 rings (SSSR count). The summed E-state index contributed by atoms with van der Waals surface area (Å²) >= 11 is 0. The van der Waals surface area contributed by atoms with Gasteiger partial charge in [-0.2, -0.15) is 0 Å². The maximum Gasteiger partial charge on any atom is 0.0541 e. The summed E-state index contributed by atoms with van der Waals surface area (Å²) in [5, 5.41) is 7.64. The molecule has 4 aliphatic carbocycles. The van der Waals surface area contributed by atoms with Crippen molar-refractivity contribution >= 4 is 60.0 Å². The Hall–Kier alpha value is -11.1. The minimum absolute atomic E-state index is 0.0683. The molecule has 1 unspecified atom stereocenters. The topological polar surface area (TPSA) is 9.86 Å². The second-order valence-electron chi connectivity index (χ2n) is 28.1. The van der Waals surface area contributed by atoms with Gasteiger partial charge in [0.2, 0.25) is 0 Å². The minimum atomic E-state index is -0.295. The lowest BCUT2D eigenvalue weighted by Crippen LogP contribution is -2.23. The molecule has 2 heterocycles. The third-order valence-electron chi connectivity index (χ3n) is 22.2. The number of rotatable bonds is 6. The van der Waals surface area contributed by atoms with Gasteiger partial charge in [0.1, 0.15) is 0 Å². The molecule has 0 saturated carbocycles. The quantitative estimate of drug-likeness (QED) is 0.157. The van der Waals surface area contributed by atoms with Crippen LogP contribution in [-0.4, -0.2) is 9.13 Å². The number of aromatic nitrogens is 2. The number of hydrogen-bond donors (Lipinski definition) is 0. The first-order valence-electron chi connectivity index (χ1n) is 33.5. The van der Waals surface area contributed by atoms with Crippen molar-refractivity contribution in [3.8, 4) is 78.1 Å². The zero-order valence-corrected chi connectivity index (χ0v) is 53.4. The Morgan fingerprint density at radius 1 is 0.330 bits per heavy atom. The molecule has 446 valence electrons. The fraction of sp³-hybridized carbons (Fsp3) is 0.109. The summed E-state index contributed by atoms with van der Waals surface area (Å²) < 4.78 is 4.92. The number of para-hydroxylation sites is 2. The van der Waals surface area contributed by atoms with Gasteiger partial charge in [-0.1, -0.05) is 247 Å². The SMILES string of the molecule is C=C1/C=C\C=C/CC(C)(C)c2cc(-n3c4ccccc4c4cc(-c5ccc(-c6ccc7c(c6)C6(CCc8cc9ccccc9cc86)c6cc(-c8ccc(-c9ccc%10c(c9)c9ccccc9n%10-c9ccc%10c(c9)C(C)(C)c9ccccc9-%10)cc8)ccc6-7)cc5)ccc43)ccc21. The summed E-state index contributed by atoms with van der Waals surface area (Å²) in [5.41, 5.74) is 34.0. The molecular formula is C92H68N2. The first-order chi connectivity index (χ1) is 46.0. The molecule has 2 aromatic heterocycles. The first kappa shape index (κ1) is 54.7. The van der Waals surface area contributed by atoms with E-state index in [1.807, 2.05) is 0 Å². The minimum Gasteiger partial charge on any atom is -0.309 e. The monoisotopic (exact) mass is 1200 g/mol. The van der Waals surface area contributed by atoms with E-state index in [2.05, 4.69) is 335 Å². The van der Waals surface area contributed by atoms with Crippen molar-refractivity contribution in [1.82, 2.24) is 9.13 Å². The first-order valence-corrected chi connectivity index (χ1v) is 33.5. The molecule has 0 amide bonds. The highest BCUT2D eigenvalue weighted by molar-refractivity contribution is 6.12. The van der Waals surface area contributed by atoms with Crippen molar-refractivity contribution < 1.29 is 0 Å². The van der Waals surface area contributed by atoms with Crippen molar-refractivity contribution in [2.24, 2.45) is 0 Å². The predicted octanol–water partition coefficient (Wildman–Crippen LogP) is 24.1. The van der Waals surface area contributed by atoms with Crippen LogP contribution in [0.3, 0.4) is 0 Å². The molecule has 1 atom stereocenters. The molecule has 13 aromatic carbocycles. The van der Waals surface area contributed by atoms with E-state index in [0.29, 0.717) is 0 Å². The summed E-state index contributed by atoms with van der Waals surface area (Å²) in [6.45, 7) is 13.9. The maximum atomic E-state index is 4.48. The molecule has 0 aliphatic heterocycles. The van der Waals surface area contributed by atoms with Gasteiger partial charge in [-0.3, -0.25) is 0 Å². The van der Waals surface area contributed by atoms with E-state index in [1.54, 1.807) is 0 Å². The van der Waals surface area contributed by atoms with E-state index in [0.717, 1.165) is 24.8 Å². The van der Waals surface area contributed by atoms with Gasteiger partial charge in [0, 0.05) is 43.7 Å². The Kier molecular flexibility index (Phi) is 11.8. The molecular weight excluding hydrogens is 1130 g/mol. The van der Waals surface area contributed by atoms with Crippen LogP contribution in [0.15, 0.2) is 298 Å². The molecule has 0 fully saturated rings. The van der Waals surface area contributed by atoms with Crippen LogP contribution in [-0.2, 0) is 22.7 Å². The molecule has 4 aliphatic rings. The highest BCUT2D eigenvalue weighted by Gasteiger charge is 2.49. The summed E-state index contributed by atoms with van der Waals surface area (Å²) in [4.78, 5) is 0. The number of aryl methyl sites for hydroxylation is 1. The van der Waals surface area contributed by atoms with Crippen LogP contribution in [0.2, 0.25) is 0 Å². The van der Waals surface area contributed by atoms with Crippen LogP contribution in [0, 0.1) is 0 Å². The van der Waals surface area contributed by atoms with Crippen LogP contribution in [0.1, 0.15) is 85.0 Å². The van der Waals surface area contributed by atoms with Crippen LogP contribution in [0.25, 0.3) is 138 Å². The fourth-order valence-electron chi connectivity index (χ4n) is 17.4. The zero-order chi connectivity index (χ0) is 62.8. The summed E-state index contributed by atoms with van der Waals surface area (Å²) in [5.74, 6) is 0. The van der Waals surface area contributed by atoms with Gasteiger partial charge in [0.05, 0.1) is 22.1 Å². The summed E-state index contributed by atoms with van der Waals surface area (Å²) in [7, 11) is 0. The van der Waals surface area contributed by atoms with Gasteiger partial charge in [-0.05, 0) is 231 Å². The zero-order valence-electron chi connectivity index (χ0n) is 53.4. The second kappa shape index (κ2) is 20.2. The van der Waals surface area contributed by atoms with Gasteiger partial charge in [0.25, 0.3) is 0 Å². The van der Waals surface area contributed by atoms with Crippen LogP contribution in [0.4, 0.5) is 0 Å². The van der Waals surface area contributed by atoms with E-state index in [9.17, 15) is 0 Å². The maximum absolute atomic E-state index is 4.48. The van der Waals surface area contributed by atoms with Crippen molar-refractivity contribution in [3.63, 3.8) is 0 Å². The smallest absolute Gasteiger partial charge is 0.0541 e. The number of nitrogens with zero attached hydrogens (tertiary/aromatic N) is 2. The number of allylic oxidation sites excluding steroid dienone is 5. The Balaban J connectivity index is 0.655. The summed E-state index contributed by atoms with van der Waals surface area (Å²) in [6, 6.07) is 102. The van der Waals surface area contributed by atoms with Crippen LogP contribution < -0.4 is 0 Å². The highest BCUT2D eigenvalue weighted by atomic mass is 15.0. The Bertz CT molecular complexity index is 5830. The molecule has 0 radical (unpaired) electrons. The predicted molar refractivity (Wildman–Crippen MR) is 397 cm³/mol. The normalized spacial score (nSPS) is 17.0. The van der Waals surface area contributed by atoms with Crippen molar-refractivity contribution in [3.05, 3.63) is 342 Å². The molecule has 15 aromatic rings. The lowest BCUT2D eigenvalue weighted by atomic mass is 9.72. The van der Waals surface area contributed by atoms with Gasteiger partial charge >= 0.3 is 0 Å². The molecule has 1 spiro atoms. The average molecular weight is 1200 g/mol. The van der Waals surface area contributed by atoms with Crippen molar-refractivity contribution in [2.75, 3.05) is 0 Å². The lowest BCUT2D eigenvalue weighted by molar-refractivity contribution is 0.533. The third kappa shape index (κ3) is 8.02. The van der Waals surface area contributed by atoms with Gasteiger partial charge in [0.15, 0.2) is 0 Å². The Labute approximate surface area is 549 Å². The Morgan fingerprint density at radius 2 is 0.777 bits per heavy atom. The van der Waals surface area contributed by atoms with E-state index in [-0.39, 0.29) is 16.2 Å². The molecule has 2 heteroatoms. The molecule has 2 nitrogen and oxygen atoms in total. The van der Waals surface area contributed by atoms with Crippen LogP contribution >= 0.6 is 0 Å². The average Bonchev–Trinajstić information content (AvgIpc) is 1.53. The fourth-order valence-corrected chi connectivity index (χ4v) is 17.4. The number of fused-ring (bicyclic) bond motifs is 18. The largest absolute Gasteiger partial charge is 0.309 e. The lowest BCUT2D eigenvalue weighted by Gasteiger charge is -2.29. The second-order valence-corrected chi connectivity index (χ2v) is 28.1. The van der Waals surface area contributed by atoms with E-state index < -0.39 is 0 Å². The highest BCUT2D eigenvalue weighted by Crippen LogP contribution is 2.60. The number of hydrogen-bond acceptors (Lipinski definition) is 0. The number of benzene rings is 13. The third-order valence-corrected chi connectivity index (χ3v) is 22.2. The molecule has 0 N–H and O–H groups in total. The van der Waals surface area contributed by atoms with Crippen molar-refractivity contribution in [2.45, 2.75) is 63.2 Å². The van der Waals surface area contributed by atoms with E-state index in [1.165, 1.54) is 177 Å². The molecule has 0 bridgehead atoms. The van der Waals surface area contributed by atoms with Gasteiger partial charge in [-0.25, -0.2) is 0 Å². The molecule has 94 heavy (non-hydrogen) atoms. The van der Waals surface area contributed by atoms with Gasteiger partial charge < -0.3 is 9.13 Å². The Morgan fingerprint density at radius 3 is 1.37 bits per heavy atom. The van der Waals surface area contributed by atoms with E-state index >= 15 is 0 Å². The van der Waals surface area contributed by atoms with Crippen LogP contribution in [0.5, 0.6) is 0 Å². The van der Waals surface area contributed by atoms with Gasteiger partial charge in [-0.15, -0.1) is 0 Å². The van der Waals surface area contributed by atoms with E-state index in [4.69, 9.17) is 0 Å². The van der Waals surface area contributed by atoms with Crippen molar-refractivity contribution in [1.29, 1.82) is 0 Å². The molecule has 0 saturated heterocycles.